The third kappa shape index (κ3) is 5.66. The van der Waals surface area contributed by atoms with Crippen molar-refractivity contribution in [2.45, 2.75) is 6.42 Å². The third-order valence-corrected chi connectivity index (χ3v) is 4.12. The van der Waals surface area contributed by atoms with Crippen molar-refractivity contribution in [1.29, 1.82) is 5.26 Å². The lowest BCUT2D eigenvalue weighted by Crippen LogP contribution is -2.18. The summed E-state index contributed by atoms with van der Waals surface area (Å²) in [6, 6.07) is 14.4. The van der Waals surface area contributed by atoms with E-state index >= 15 is 0 Å². The first kappa shape index (κ1) is 20.1. The molecule has 0 bridgehead atoms. The van der Waals surface area contributed by atoms with E-state index in [9.17, 15) is 10.1 Å². The lowest BCUT2D eigenvalue weighted by Gasteiger charge is -2.10. The average Bonchev–Trinajstić information content (AvgIpc) is 2.69. The Morgan fingerprint density at radius 1 is 1.19 bits per heavy atom. The van der Waals surface area contributed by atoms with Crippen LogP contribution in [0.1, 0.15) is 5.56 Å². The number of anilines is 1. The molecule has 0 atom stereocenters. The molecule has 0 fully saturated rings. The van der Waals surface area contributed by atoms with Crippen LogP contribution in [0.2, 0.25) is 5.02 Å². The summed E-state index contributed by atoms with van der Waals surface area (Å²) in [5.74, 6) is 0.512. The van der Waals surface area contributed by atoms with E-state index in [2.05, 4.69) is 10.6 Å². The minimum atomic E-state index is -0.519. The van der Waals surface area contributed by atoms with Gasteiger partial charge in [-0.15, -0.1) is 0 Å². The average molecular weight is 386 g/mol. The van der Waals surface area contributed by atoms with Crippen molar-refractivity contribution in [3.05, 3.63) is 64.8 Å². The molecule has 0 spiro atoms. The highest BCUT2D eigenvalue weighted by Gasteiger charge is 2.11. The van der Waals surface area contributed by atoms with E-state index in [-0.39, 0.29) is 5.57 Å². The number of ether oxygens (including phenoxy) is 2. The van der Waals surface area contributed by atoms with Crippen molar-refractivity contribution in [2.24, 2.45) is 0 Å². The lowest BCUT2D eigenvalue weighted by molar-refractivity contribution is -0.112. The molecule has 0 saturated heterocycles. The van der Waals surface area contributed by atoms with Crippen molar-refractivity contribution in [2.75, 3.05) is 26.1 Å². The molecule has 0 unspecified atom stereocenters. The van der Waals surface area contributed by atoms with E-state index in [4.69, 9.17) is 21.1 Å². The smallest absolute Gasteiger partial charge is 0.267 e. The predicted octanol–water partition coefficient (Wildman–Crippen LogP) is 3.54. The second kappa shape index (κ2) is 10.1. The van der Waals surface area contributed by atoms with E-state index in [1.165, 1.54) is 20.4 Å². The summed E-state index contributed by atoms with van der Waals surface area (Å²) >= 11 is 6.10. The minimum absolute atomic E-state index is 0.0380. The normalized spacial score (nSPS) is 10.7. The Morgan fingerprint density at radius 2 is 1.93 bits per heavy atom. The van der Waals surface area contributed by atoms with Crippen molar-refractivity contribution >= 4 is 23.2 Å². The van der Waals surface area contributed by atoms with Gasteiger partial charge in [0.25, 0.3) is 5.91 Å². The topological polar surface area (TPSA) is 83.4 Å². The molecule has 2 aromatic carbocycles. The van der Waals surface area contributed by atoms with Crippen LogP contribution < -0.4 is 20.1 Å². The first-order valence-electron chi connectivity index (χ1n) is 8.19. The highest BCUT2D eigenvalue weighted by atomic mass is 35.5. The van der Waals surface area contributed by atoms with Gasteiger partial charge in [0.15, 0.2) is 11.5 Å². The molecule has 0 saturated carbocycles. The molecule has 2 aromatic rings. The van der Waals surface area contributed by atoms with Crippen LogP contribution in [0.25, 0.3) is 0 Å². The van der Waals surface area contributed by atoms with Crippen molar-refractivity contribution in [1.82, 2.24) is 5.32 Å². The maximum atomic E-state index is 12.3. The summed E-state index contributed by atoms with van der Waals surface area (Å²) in [6.07, 6.45) is 2.07. The molecule has 0 aliphatic heterocycles. The van der Waals surface area contributed by atoms with E-state index in [1.54, 1.807) is 18.2 Å². The molecule has 0 aromatic heterocycles. The summed E-state index contributed by atoms with van der Waals surface area (Å²) in [4.78, 5) is 12.3. The van der Waals surface area contributed by atoms with Crippen LogP contribution in [0.5, 0.6) is 11.5 Å². The number of carbonyl (C=O) groups excluding carboxylic acids is 1. The number of nitrogens with one attached hydrogen (secondary N) is 2. The number of halogens is 1. The molecule has 27 heavy (non-hydrogen) atoms. The molecule has 2 N–H and O–H groups in total. The second-order valence-electron chi connectivity index (χ2n) is 5.49. The van der Waals surface area contributed by atoms with Gasteiger partial charge in [0.2, 0.25) is 0 Å². The van der Waals surface area contributed by atoms with Crippen LogP contribution in [0.3, 0.4) is 0 Å². The van der Waals surface area contributed by atoms with Crippen molar-refractivity contribution in [3.63, 3.8) is 0 Å². The fraction of sp³-hybridized carbons (Fsp3) is 0.200. The SMILES string of the molecule is COc1ccc(NC(=O)/C(C#N)=C\NCCc2ccccc2Cl)cc1OC. The zero-order valence-electron chi connectivity index (χ0n) is 15.1. The summed E-state index contributed by atoms with van der Waals surface area (Å²) in [7, 11) is 3.04. The molecule has 6 nitrogen and oxygen atoms in total. The molecule has 1 amide bonds. The highest BCUT2D eigenvalue weighted by molar-refractivity contribution is 6.31. The molecule has 140 valence electrons. The van der Waals surface area contributed by atoms with E-state index in [1.807, 2.05) is 30.3 Å². The highest BCUT2D eigenvalue weighted by Crippen LogP contribution is 2.29. The summed E-state index contributed by atoms with van der Waals surface area (Å²) in [5, 5.41) is 15.6. The van der Waals surface area contributed by atoms with Gasteiger partial charge in [0.05, 0.1) is 14.2 Å². The number of benzene rings is 2. The standard InChI is InChI=1S/C20H20ClN3O3/c1-26-18-8-7-16(11-19(18)27-2)24-20(25)15(12-22)13-23-10-9-14-5-3-4-6-17(14)21/h3-8,11,13,23H,9-10H2,1-2H3,(H,24,25)/b15-13-. The Hall–Kier alpha value is -3.17. The predicted molar refractivity (Wildman–Crippen MR) is 105 cm³/mol. The first-order chi connectivity index (χ1) is 13.1. The maximum Gasteiger partial charge on any atom is 0.267 e. The van der Waals surface area contributed by atoms with Gasteiger partial charge in [-0.05, 0) is 30.2 Å². The molecule has 7 heteroatoms. The number of amides is 1. The Bertz CT molecular complexity index is 875. The summed E-state index contributed by atoms with van der Waals surface area (Å²) in [5.41, 5.74) is 1.45. The molecule has 0 heterocycles. The van der Waals surface area contributed by atoms with Crippen LogP contribution >= 0.6 is 11.6 Å². The van der Waals surface area contributed by atoms with Gasteiger partial charge >= 0.3 is 0 Å². The van der Waals surface area contributed by atoms with Crippen LogP contribution in [0, 0.1) is 11.3 Å². The number of methoxy groups -OCH3 is 2. The van der Waals surface area contributed by atoms with Gasteiger partial charge in [-0.3, -0.25) is 4.79 Å². The van der Waals surface area contributed by atoms with Gasteiger partial charge in [0.1, 0.15) is 11.6 Å². The van der Waals surface area contributed by atoms with Crippen LogP contribution in [0.15, 0.2) is 54.2 Å². The number of rotatable bonds is 8. The van der Waals surface area contributed by atoms with E-state index < -0.39 is 5.91 Å². The lowest BCUT2D eigenvalue weighted by atomic mass is 10.1. The number of carbonyl (C=O) groups is 1. The molecular formula is C20H20ClN3O3. The van der Waals surface area contributed by atoms with E-state index in [0.29, 0.717) is 35.2 Å². The maximum absolute atomic E-state index is 12.3. The minimum Gasteiger partial charge on any atom is -0.493 e. The number of nitriles is 1. The van der Waals surface area contributed by atoms with Crippen molar-refractivity contribution < 1.29 is 14.3 Å². The van der Waals surface area contributed by atoms with E-state index in [0.717, 1.165) is 5.56 Å². The number of nitrogens with zero attached hydrogens (tertiary/aromatic N) is 1. The third-order valence-electron chi connectivity index (χ3n) is 3.75. The molecular weight excluding hydrogens is 366 g/mol. The molecule has 2 rings (SSSR count). The Labute approximate surface area is 163 Å². The van der Waals surface area contributed by atoms with Crippen LogP contribution in [0.4, 0.5) is 5.69 Å². The quantitative estimate of drug-likeness (QED) is 0.412. The van der Waals surface area contributed by atoms with Gasteiger partial charge in [-0.1, -0.05) is 29.8 Å². The van der Waals surface area contributed by atoms with Crippen LogP contribution in [-0.4, -0.2) is 26.7 Å². The zero-order valence-corrected chi connectivity index (χ0v) is 15.8. The molecule has 0 radical (unpaired) electrons. The second-order valence-corrected chi connectivity index (χ2v) is 5.90. The zero-order chi connectivity index (χ0) is 19.6. The van der Waals surface area contributed by atoms with Crippen LogP contribution in [-0.2, 0) is 11.2 Å². The Kier molecular flexibility index (Phi) is 7.53. The fourth-order valence-electron chi connectivity index (χ4n) is 2.34. The number of hydrogen-bond acceptors (Lipinski definition) is 5. The fourth-order valence-corrected chi connectivity index (χ4v) is 2.57. The van der Waals surface area contributed by atoms with Gasteiger partial charge < -0.3 is 20.1 Å². The molecule has 0 aliphatic carbocycles. The number of hydrogen-bond donors (Lipinski definition) is 2. The van der Waals surface area contributed by atoms with Crippen molar-refractivity contribution in [3.8, 4) is 17.6 Å². The first-order valence-corrected chi connectivity index (χ1v) is 8.57. The van der Waals surface area contributed by atoms with Gasteiger partial charge in [-0.25, -0.2) is 0 Å². The monoisotopic (exact) mass is 385 g/mol. The summed E-state index contributed by atoms with van der Waals surface area (Å²) < 4.78 is 10.4. The largest absolute Gasteiger partial charge is 0.493 e. The molecule has 0 aliphatic rings. The Morgan fingerprint density at radius 3 is 2.59 bits per heavy atom. The van der Waals surface area contributed by atoms with Gasteiger partial charge in [-0.2, -0.15) is 5.26 Å². The summed E-state index contributed by atoms with van der Waals surface area (Å²) in [6.45, 7) is 0.540. The van der Waals surface area contributed by atoms with Gasteiger partial charge in [0, 0.05) is 29.5 Å². The Balaban J connectivity index is 1.96.